The van der Waals surface area contributed by atoms with Crippen LogP contribution in [-0.4, -0.2) is 34.8 Å². The van der Waals surface area contributed by atoms with Gasteiger partial charge in [-0.25, -0.2) is 0 Å². The number of hydrogen-bond acceptors (Lipinski definition) is 2. The van der Waals surface area contributed by atoms with Gasteiger partial charge in [0.15, 0.2) is 0 Å². The zero-order valence-electron chi connectivity index (χ0n) is 9.96. The van der Waals surface area contributed by atoms with E-state index in [2.05, 4.69) is 5.32 Å². The molecule has 0 radical (unpaired) electrons. The van der Waals surface area contributed by atoms with Gasteiger partial charge in [-0.05, 0) is 33.6 Å². The average molecular weight is 212 g/mol. The Hall–Kier alpha value is -1.06. The second-order valence-electron chi connectivity index (χ2n) is 5.18. The summed E-state index contributed by atoms with van der Waals surface area (Å²) < 4.78 is 0. The molecule has 0 saturated heterocycles. The van der Waals surface area contributed by atoms with Crippen molar-refractivity contribution in [3.05, 3.63) is 0 Å². The molecule has 1 N–H and O–H groups in total. The summed E-state index contributed by atoms with van der Waals surface area (Å²) in [6.45, 7) is 7.50. The molecule has 0 spiro atoms. The van der Waals surface area contributed by atoms with Crippen molar-refractivity contribution in [1.82, 2.24) is 10.2 Å². The summed E-state index contributed by atoms with van der Waals surface area (Å²) in [5.41, 5.74) is -0.233. The van der Waals surface area contributed by atoms with Gasteiger partial charge < -0.3 is 10.2 Å². The van der Waals surface area contributed by atoms with Crippen LogP contribution in [0.1, 0.15) is 40.5 Å². The van der Waals surface area contributed by atoms with Crippen molar-refractivity contribution in [3.8, 4) is 0 Å². The topological polar surface area (TPSA) is 49.4 Å². The molecule has 0 aromatic carbocycles. The monoisotopic (exact) mass is 212 g/mol. The van der Waals surface area contributed by atoms with Crippen LogP contribution in [-0.2, 0) is 9.59 Å². The number of carbonyl (C=O) groups excluding carboxylic acids is 2. The number of amides is 2. The predicted octanol–water partition coefficient (Wildman–Crippen LogP) is 0.912. The Morgan fingerprint density at radius 3 is 2.20 bits per heavy atom. The van der Waals surface area contributed by atoms with Crippen LogP contribution in [0.5, 0.6) is 0 Å². The van der Waals surface area contributed by atoms with Crippen molar-refractivity contribution in [2.45, 2.75) is 52.1 Å². The molecule has 2 amide bonds. The summed E-state index contributed by atoms with van der Waals surface area (Å²) in [5.74, 6) is -0.0915. The third kappa shape index (κ3) is 4.32. The van der Waals surface area contributed by atoms with E-state index in [0.29, 0.717) is 6.04 Å². The van der Waals surface area contributed by atoms with Crippen molar-refractivity contribution in [3.63, 3.8) is 0 Å². The van der Waals surface area contributed by atoms with E-state index in [9.17, 15) is 9.59 Å². The van der Waals surface area contributed by atoms with Gasteiger partial charge in [0.05, 0.1) is 6.54 Å². The Labute approximate surface area is 91.0 Å². The number of rotatable bonds is 3. The highest BCUT2D eigenvalue weighted by Gasteiger charge is 2.32. The van der Waals surface area contributed by atoms with Gasteiger partial charge in [-0.2, -0.15) is 0 Å². The maximum absolute atomic E-state index is 11.6. The summed E-state index contributed by atoms with van der Waals surface area (Å²) in [4.78, 5) is 24.5. The first-order chi connectivity index (χ1) is 6.79. The Bertz CT molecular complexity index is 264. The fourth-order valence-corrected chi connectivity index (χ4v) is 1.50. The van der Waals surface area contributed by atoms with E-state index in [4.69, 9.17) is 0 Å². The van der Waals surface area contributed by atoms with Gasteiger partial charge in [-0.15, -0.1) is 0 Å². The Morgan fingerprint density at radius 1 is 1.33 bits per heavy atom. The first kappa shape index (κ1) is 12.0. The maximum Gasteiger partial charge on any atom is 0.240 e. The van der Waals surface area contributed by atoms with Gasteiger partial charge in [-0.3, -0.25) is 9.59 Å². The lowest BCUT2D eigenvalue weighted by Crippen LogP contribution is -2.47. The molecule has 1 fully saturated rings. The molecular weight excluding hydrogens is 192 g/mol. The van der Waals surface area contributed by atoms with Gasteiger partial charge in [0.2, 0.25) is 11.8 Å². The summed E-state index contributed by atoms with van der Waals surface area (Å²) in [6.07, 6.45) is 2.06. The second kappa shape index (κ2) is 4.21. The molecule has 0 heterocycles. The fourth-order valence-electron chi connectivity index (χ4n) is 1.50. The first-order valence-electron chi connectivity index (χ1n) is 5.38. The minimum absolute atomic E-state index is 0.0124. The average Bonchev–Trinajstić information content (AvgIpc) is 2.78. The Morgan fingerprint density at radius 2 is 1.87 bits per heavy atom. The van der Waals surface area contributed by atoms with Crippen LogP contribution in [0.25, 0.3) is 0 Å². The van der Waals surface area contributed by atoms with E-state index >= 15 is 0 Å². The van der Waals surface area contributed by atoms with E-state index in [1.54, 1.807) is 4.90 Å². The van der Waals surface area contributed by atoms with Crippen LogP contribution in [0.15, 0.2) is 0 Å². The molecular formula is C11H20N2O2. The Balaban J connectivity index is 2.44. The highest BCUT2D eigenvalue weighted by molar-refractivity contribution is 5.84. The third-order valence-electron chi connectivity index (χ3n) is 2.22. The van der Waals surface area contributed by atoms with E-state index in [1.165, 1.54) is 6.92 Å². The lowest BCUT2D eigenvalue weighted by Gasteiger charge is -2.25. The van der Waals surface area contributed by atoms with Crippen LogP contribution in [0.3, 0.4) is 0 Å². The molecule has 0 aromatic heterocycles. The SMILES string of the molecule is CC(=O)N(CC(=O)NC(C)(C)C)C1CC1. The molecule has 0 aliphatic heterocycles. The molecule has 4 heteroatoms. The van der Waals surface area contributed by atoms with Crippen molar-refractivity contribution in [1.29, 1.82) is 0 Å². The molecule has 1 aliphatic carbocycles. The molecule has 86 valence electrons. The minimum atomic E-state index is -0.233. The van der Waals surface area contributed by atoms with Crippen molar-refractivity contribution in [2.75, 3.05) is 6.54 Å². The normalized spacial score (nSPS) is 16.0. The lowest BCUT2D eigenvalue weighted by molar-refractivity contribution is -0.135. The molecule has 4 nitrogen and oxygen atoms in total. The van der Waals surface area contributed by atoms with Crippen LogP contribution in [0.2, 0.25) is 0 Å². The van der Waals surface area contributed by atoms with Crippen molar-refractivity contribution < 1.29 is 9.59 Å². The Kier molecular flexibility index (Phi) is 3.37. The van der Waals surface area contributed by atoms with Gasteiger partial charge in [0.1, 0.15) is 0 Å². The quantitative estimate of drug-likeness (QED) is 0.756. The number of carbonyl (C=O) groups is 2. The summed E-state index contributed by atoms with van der Waals surface area (Å²) in [6, 6.07) is 0.299. The summed E-state index contributed by atoms with van der Waals surface area (Å²) in [7, 11) is 0. The van der Waals surface area contributed by atoms with Gasteiger partial charge >= 0.3 is 0 Å². The highest BCUT2D eigenvalue weighted by atomic mass is 16.2. The first-order valence-corrected chi connectivity index (χ1v) is 5.38. The third-order valence-corrected chi connectivity index (χ3v) is 2.22. The van der Waals surface area contributed by atoms with Crippen LogP contribution >= 0.6 is 0 Å². The molecule has 0 aromatic rings. The highest BCUT2D eigenvalue weighted by Crippen LogP contribution is 2.26. The maximum atomic E-state index is 11.6. The standard InChI is InChI=1S/C11H20N2O2/c1-8(14)13(9-5-6-9)7-10(15)12-11(2,3)4/h9H,5-7H2,1-4H3,(H,12,15). The molecule has 0 unspecified atom stereocenters. The number of hydrogen-bond donors (Lipinski definition) is 1. The zero-order chi connectivity index (χ0) is 11.6. The second-order valence-corrected chi connectivity index (χ2v) is 5.18. The number of nitrogens with zero attached hydrogens (tertiary/aromatic N) is 1. The molecule has 1 saturated carbocycles. The summed E-state index contributed by atoms with van der Waals surface area (Å²) in [5, 5.41) is 2.85. The van der Waals surface area contributed by atoms with Crippen LogP contribution in [0.4, 0.5) is 0 Å². The largest absolute Gasteiger partial charge is 0.350 e. The predicted molar refractivity (Wildman–Crippen MR) is 58.3 cm³/mol. The lowest BCUT2D eigenvalue weighted by atomic mass is 10.1. The van der Waals surface area contributed by atoms with Gasteiger partial charge in [-0.1, -0.05) is 0 Å². The fraction of sp³-hybridized carbons (Fsp3) is 0.818. The smallest absolute Gasteiger partial charge is 0.240 e. The molecule has 1 aliphatic rings. The van der Waals surface area contributed by atoms with E-state index in [-0.39, 0.29) is 23.9 Å². The van der Waals surface area contributed by atoms with Crippen LogP contribution < -0.4 is 5.32 Å². The van der Waals surface area contributed by atoms with E-state index in [0.717, 1.165) is 12.8 Å². The molecule has 0 atom stereocenters. The molecule has 15 heavy (non-hydrogen) atoms. The molecule has 0 bridgehead atoms. The number of nitrogens with one attached hydrogen (secondary N) is 1. The van der Waals surface area contributed by atoms with Gasteiger partial charge in [0, 0.05) is 18.5 Å². The summed E-state index contributed by atoms with van der Waals surface area (Å²) >= 11 is 0. The molecule has 1 rings (SSSR count). The zero-order valence-corrected chi connectivity index (χ0v) is 9.96. The van der Waals surface area contributed by atoms with Gasteiger partial charge in [0.25, 0.3) is 0 Å². The van der Waals surface area contributed by atoms with Crippen molar-refractivity contribution in [2.24, 2.45) is 0 Å². The van der Waals surface area contributed by atoms with E-state index in [1.807, 2.05) is 20.8 Å². The van der Waals surface area contributed by atoms with Crippen molar-refractivity contribution >= 4 is 11.8 Å². The minimum Gasteiger partial charge on any atom is -0.350 e. The van der Waals surface area contributed by atoms with E-state index < -0.39 is 0 Å². The van der Waals surface area contributed by atoms with Crippen LogP contribution in [0, 0.1) is 0 Å².